The van der Waals surface area contributed by atoms with Gasteiger partial charge < -0.3 is 21.6 Å². The van der Waals surface area contributed by atoms with Crippen LogP contribution in [-0.4, -0.2) is 21.0 Å². The maximum atomic E-state index is 10.8. The lowest BCUT2D eigenvalue weighted by molar-refractivity contribution is 0.0699. The first kappa shape index (κ1) is 8.36. The van der Waals surface area contributed by atoms with E-state index in [9.17, 15) is 4.79 Å². The van der Waals surface area contributed by atoms with E-state index >= 15 is 0 Å². The summed E-state index contributed by atoms with van der Waals surface area (Å²) in [7, 11) is 0. The third kappa shape index (κ3) is 1.13. The zero-order chi connectivity index (χ0) is 10.3. The molecule has 2 aromatic rings. The smallest absolute Gasteiger partial charge is 0.338 e. The quantitative estimate of drug-likeness (QED) is 0.488. The lowest BCUT2D eigenvalue weighted by atomic mass is 10.1. The Morgan fingerprint density at radius 2 is 2.14 bits per heavy atom. The van der Waals surface area contributed by atoms with E-state index in [0.29, 0.717) is 16.7 Å². The van der Waals surface area contributed by atoms with E-state index in [0.717, 1.165) is 0 Å². The van der Waals surface area contributed by atoms with Gasteiger partial charge in [-0.05, 0) is 12.1 Å². The number of aromatic carboxylic acids is 1. The van der Waals surface area contributed by atoms with Gasteiger partial charge in [0.05, 0.1) is 11.1 Å². The number of anilines is 2. The molecule has 6 nitrogen and oxygen atoms in total. The highest BCUT2D eigenvalue weighted by atomic mass is 16.4. The minimum Gasteiger partial charge on any atom is -0.478 e. The zero-order valence-electron chi connectivity index (χ0n) is 7.11. The van der Waals surface area contributed by atoms with Crippen molar-refractivity contribution in [2.45, 2.75) is 0 Å². The van der Waals surface area contributed by atoms with E-state index in [1.54, 1.807) is 6.07 Å². The molecule has 0 aliphatic carbocycles. The number of carbonyl (C=O) groups is 1. The van der Waals surface area contributed by atoms with Gasteiger partial charge in [0.25, 0.3) is 0 Å². The maximum absolute atomic E-state index is 10.8. The Balaban J connectivity index is 2.85. The molecule has 0 aliphatic heterocycles. The molecule has 0 amide bonds. The van der Waals surface area contributed by atoms with Crippen molar-refractivity contribution in [3.05, 3.63) is 17.7 Å². The number of H-pyrrole nitrogens is 1. The highest BCUT2D eigenvalue weighted by Gasteiger charge is 2.12. The molecule has 6 heteroatoms. The number of rotatable bonds is 1. The first-order chi connectivity index (χ1) is 6.58. The van der Waals surface area contributed by atoms with Crippen molar-refractivity contribution in [1.29, 1.82) is 0 Å². The molecule has 0 saturated heterocycles. The molecular weight excluding hydrogens is 184 g/mol. The highest BCUT2D eigenvalue weighted by Crippen LogP contribution is 2.21. The molecule has 6 N–H and O–H groups in total. The number of nitrogen functional groups attached to an aromatic ring is 2. The SMILES string of the molecule is Nc1cc(C(=O)O)c2nc(N)[nH]c2c1. The largest absolute Gasteiger partial charge is 0.478 e. The number of aromatic nitrogens is 2. The number of aromatic amines is 1. The highest BCUT2D eigenvalue weighted by molar-refractivity contribution is 6.02. The molecular formula is C8H8N4O2. The van der Waals surface area contributed by atoms with Crippen LogP contribution in [0.2, 0.25) is 0 Å². The molecule has 0 fully saturated rings. The van der Waals surface area contributed by atoms with E-state index in [1.165, 1.54) is 6.07 Å². The second-order valence-electron chi connectivity index (χ2n) is 2.89. The Morgan fingerprint density at radius 3 is 2.79 bits per heavy atom. The van der Waals surface area contributed by atoms with Crippen molar-refractivity contribution < 1.29 is 9.90 Å². The summed E-state index contributed by atoms with van der Waals surface area (Å²) in [5, 5.41) is 8.87. The number of carboxylic acid groups (broad SMARTS) is 1. The Morgan fingerprint density at radius 1 is 1.43 bits per heavy atom. The van der Waals surface area contributed by atoms with Gasteiger partial charge in [-0.15, -0.1) is 0 Å². The molecule has 0 unspecified atom stereocenters. The van der Waals surface area contributed by atoms with E-state index in [-0.39, 0.29) is 11.5 Å². The van der Waals surface area contributed by atoms with Crippen LogP contribution in [0.5, 0.6) is 0 Å². The molecule has 2 rings (SSSR count). The summed E-state index contributed by atoms with van der Waals surface area (Å²) in [6, 6.07) is 2.94. The van der Waals surface area contributed by atoms with Crippen molar-refractivity contribution in [2.75, 3.05) is 11.5 Å². The maximum Gasteiger partial charge on any atom is 0.338 e. The van der Waals surface area contributed by atoms with Crippen LogP contribution in [0.4, 0.5) is 11.6 Å². The molecule has 0 aliphatic rings. The Bertz CT molecular complexity index is 517. The summed E-state index contributed by atoms with van der Waals surface area (Å²) >= 11 is 0. The lowest BCUT2D eigenvalue weighted by Crippen LogP contribution is -1.99. The molecule has 0 bridgehead atoms. The summed E-state index contributed by atoms with van der Waals surface area (Å²) in [5.41, 5.74) is 12.2. The number of nitrogens with two attached hydrogens (primary N) is 2. The van der Waals surface area contributed by atoms with Crippen LogP contribution >= 0.6 is 0 Å². The first-order valence-electron chi connectivity index (χ1n) is 3.86. The van der Waals surface area contributed by atoms with E-state index < -0.39 is 5.97 Å². The van der Waals surface area contributed by atoms with Gasteiger partial charge in [-0.25, -0.2) is 9.78 Å². The van der Waals surface area contributed by atoms with Gasteiger partial charge in [-0.1, -0.05) is 0 Å². The van der Waals surface area contributed by atoms with Gasteiger partial charge in [0.1, 0.15) is 5.52 Å². The number of hydrogen-bond donors (Lipinski definition) is 4. The van der Waals surface area contributed by atoms with Crippen LogP contribution in [0.3, 0.4) is 0 Å². The number of nitrogens with zero attached hydrogens (tertiary/aromatic N) is 1. The molecule has 72 valence electrons. The van der Waals surface area contributed by atoms with Gasteiger partial charge in [-0.3, -0.25) is 0 Å². The van der Waals surface area contributed by atoms with Crippen LogP contribution in [0.15, 0.2) is 12.1 Å². The average Bonchev–Trinajstić information content (AvgIpc) is 2.42. The molecule has 0 saturated carbocycles. The van der Waals surface area contributed by atoms with Gasteiger partial charge in [-0.2, -0.15) is 0 Å². The normalized spacial score (nSPS) is 10.6. The monoisotopic (exact) mass is 192 g/mol. The van der Waals surface area contributed by atoms with Crippen LogP contribution < -0.4 is 11.5 Å². The van der Waals surface area contributed by atoms with E-state index in [2.05, 4.69) is 9.97 Å². The average molecular weight is 192 g/mol. The van der Waals surface area contributed by atoms with Crippen molar-refractivity contribution in [2.24, 2.45) is 0 Å². The summed E-state index contributed by atoms with van der Waals surface area (Å²) in [4.78, 5) is 17.4. The van der Waals surface area contributed by atoms with Gasteiger partial charge >= 0.3 is 5.97 Å². The van der Waals surface area contributed by atoms with Gasteiger partial charge in [0.2, 0.25) is 0 Å². The fourth-order valence-corrected chi connectivity index (χ4v) is 1.32. The minimum atomic E-state index is -1.08. The number of nitrogens with one attached hydrogen (secondary N) is 1. The van der Waals surface area contributed by atoms with Gasteiger partial charge in [0.15, 0.2) is 5.95 Å². The summed E-state index contributed by atoms with van der Waals surface area (Å²) in [6.07, 6.45) is 0. The second-order valence-corrected chi connectivity index (χ2v) is 2.89. The van der Waals surface area contributed by atoms with Crippen LogP contribution in [0.25, 0.3) is 11.0 Å². The van der Waals surface area contributed by atoms with Crippen molar-refractivity contribution in [3.63, 3.8) is 0 Å². The third-order valence-corrected chi connectivity index (χ3v) is 1.86. The van der Waals surface area contributed by atoms with Crippen molar-refractivity contribution in [3.8, 4) is 0 Å². The third-order valence-electron chi connectivity index (χ3n) is 1.86. The molecule has 0 radical (unpaired) electrons. The fraction of sp³-hybridized carbons (Fsp3) is 0. The predicted molar refractivity (Wildman–Crippen MR) is 51.9 cm³/mol. The summed E-state index contributed by atoms with van der Waals surface area (Å²) in [5.74, 6) is -0.901. The molecule has 14 heavy (non-hydrogen) atoms. The Kier molecular flexibility index (Phi) is 1.57. The van der Waals surface area contributed by atoms with Crippen LogP contribution in [-0.2, 0) is 0 Å². The zero-order valence-corrected chi connectivity index (χ0v) is 7.11. The number of benzene rings is 1. The van der Waals surface area contributed by atoms with Crippen LogP contribution in [0, 0.1) is 0 Å². The minimum absolute atomic E-state index is 0.0490. The number of carboxylic acids is 1. The molecule has 0 atom stereocenters. The number of hydrogen-bond acceptors (Lipinski definition) is 4. The predicted octanol–water partition coefficient (Wildman–Crippen LogP) is 0.425. The standard InChI is InChI=1S/C8H8N4O2/c9-3-1-4(7(13)14)6-5(2-3)11-8(10)12-6/h1-2H,9H2,(H,13,14)(H3,10,11,12). The first-order valence-corrected chi connectivity index (χ1v) is 3.86. The molecule has 1 heterocycles. The molecule has 1 aromatic heterocycles. The van der Waals surface area contributed by atoms with Gasteiger partial charge in [0, 0.05) is 5.69 Å². The van der Waals surface area contributed by atoms with E-state index in [1.807, 2.05) is 0 Å². The number of fused-ring (bicyclic) bond motifs is 1. The summed E-state index contributed by atoms with van der Waals surface area (Å²) in [6.45, 7) is 0. The second kappa shape index (κ2) is 2.63. The van der Waals surface area contributed by atoms with E-state index in [4.69, 9.17) is 16.6 Å². The van der Waals surface area contributed by atoms with Crippen molar-refractivity contribution >= 4 is 28.6 Å². The number of imidazole rings is 1. The Hall–Kier alpha value is -2.24. The molecule has 0 spiro atoms. The fourth-order valence-electron chi connectivity index (χ4n) is 1.32. The van der Waals surface area contributed by atoms with Crippen molar-refractivity contribution in [1.82, 2.24) is 9.97 Å². The summed E-state index contributed by atoms with van der Waals surface area (Å²) < 4.78 is 0. The van der Waals surface area contributed by atoms with Crippen LogP contribution in [0.1, 0.15) is 10.4 Å². The molecule has 1 aromatic carbocycles. The lowest BCUT2D eigenvalue weighted by Gasteiger charge is -1.97. The topological polar surface area (TPSA) is 118 Å². The Labute approximate surface area is 78.5 Å².